The van der Waals surface area contributed by atoms with Crippen molar-refractivity contribution in [2.45, 2.75) is 31.2 Å². The summed E-state index contributed by atoms with van der Waals surface area (Å²) in [6, 6.07) is 2.16. The standard InChI is InChI=1S/C9H12BrNS/c10-8-5-7(6-12-8)9(11)3-1-2-4-9/h5-6H,1-4,11H2. The molecule has 66 valence electrons. The number of halogens is 1. The van der Waals surface area contributed by atoms with Gasteiger partial charge >= 0.3 is 0 Å². The third-order valence-corrected chi connectivity index (χ3v) is 4.14. The molecule has 1 fully saturated rings. The van der Waals surface area contributed by atoms with Crippen molar-refractivity contribution < 1.29 is 0 Å². The molecule has 1 nitrogen and oxygen atoms in total. The van der Waals surface area contributed by atoms with E-state index in [1.165, 1.54) is 22.2 Å². The van der Waals surface area contributed by atoms with Gasteiger partial charge in [-0.15, -0.1) is 11.3 Å². The van der Waals surface area contributed by atoms with E-state index in [1.54, 1.807) is 11.3 Å². The van der Waals surface area contributed by atoms with Crippen LogP contribution in [0.4, 0.5) is 0 Å². The Labute approximate surface area is 85.1 Å². The van der Waals surface area contributed by atoms with Gasteiger partial charge in [0, 0.05) is 5.54 Å². The molecule has 1 aromatic heterocycles. The van der Waals surface area contributed by atoms with Crippen LogP contribution in [0.1, 0.15) is 31.2 Å². The van der Waals surface area contributed by atoms with Crippen LogP contribution >= 0.6 is 27.3 Å². The van der Waals surface area contributed by atoms with Gasteiger partial charge < -0.3 is 5.73 Å². The molecule has 0 radical (unpaired) electrons. The first-order valence-corrected chi connectivity index (χ1v) is 5.91. The van der Waals surface area contributed by atoms with Crippen molar-refractivity contribution in [1.29, 1.82) is 0 Å². The second kappa shape index (κ2) is 3.13. The Morgan fingerprint density at radius 3 is 2.58 bits per heavy atom. The van der Waals surface area contributed by atoms with Crippen molar-refractivity contribution in [3.8, 4) is 0 Å². The van der Waals surface area contributed by atoms with Gasteiger partial charge in [0.25, 0.3) is 0 Å². The summed E-state index contributed by atoms with van der Waals surface area (Å²) in [5, 5.41) is 2.18. The summed E-state index contributed by atoms with van der Waals surface area (Å²) in [6.45, 7) is 0. The van der Waals surface area contributed by atoms with E-state index in [0.717, 1.165) is 12.8 Å². The number of hydrogen-bond donors (Lipinski definition) is 1. The molecule has 1 saturated carbocycles. The summed E-state index contributed by atoms with van der Waals surface area (Å²) in [6.07, 6.45) is 4.86. The van der Waals surface area contributed by atoms with Crippen molar-refractivity contribution in [3.05, 3.63) is 20.8 Å². The summed E-state index contributed by atoms with van der Waals surface area (Å²) in [5.41, 5.74) is 7.58. The van der Waals surface area contributed by atoms with Crippen molar-refractivity contribution in [1.82, 2.24) is 0 Å². The van der Waals surface area contributed by atoms with Crippen LogP contribution in [-0.4, -0.2) is 0 Å². The molecule has 1 aliphatic rings. The van der Waals surface area contributed by atoms with Gasteiger partial charge in [0.15, 0.2) is 0 Å². The summed E-state index contributed by atoms with van der Waals surface area (Å²) in [7, 11) is 0. The molecule has 0 bridgehead atoms. The van der Waals surface area contributed by atoms with E-state index in [0.29, 0.717) is 0 Å². The molecular weight excluding hydrogens is 234 g/mol. The van der Waals surface area contributed by atoms with Gasteiger partial charge in [-0.05, 0) is 45.8 Å². The van der Waals surface area contributed by atoms with Crippen LogP contribution in [0.15, 0.2) is 15.2 Å². The van der Waals surface area contributed by atoms with Crippen molar-refractivity contribution in [2.75, 3.05) is 0 Å². The summed E-state index contributed by atoms with van der Waals surface area (Å²) < 4.78 is 1.19. The Hall–Kier alpha value is 0.140. The maximum atomic E-state index is 6.28. The normalized spacial score (nSPS) is 21.5. The van der Waals surface area contributed by atoms with Crippen molar-refractivity contribution >= 4 is 27.3 Å². The van der Waals surface area contributed by atoms with Gasteiger partial charge in [-0.25, -0.2) is 0 Å². The summed E-state index contributed by atoms with van der Waals surface area (Å²) >= 11 is 5.19. The summed E-state index contributed by atoms with van der Waals surface area (Å²) in [4.78, 5) is 0. The molecule has 2 N–H and O–H groups in total. The zero-order valence-corrected chi connectivity index (χ0v) is 9.25. The van der Waals surface area contributed by atoms with E-state index >= 15 is 0 Å². The monoisotopic (exact) mass is 245 g/mol. The molecule has 0 aromatic carbocycles. The summed E-state index contributed by atoms with van der Waals surface area (Å²) in [5.74, 6) is 0. The topological polar surface area (TPSA) is 26.0 Å². The Bertz CT molecular complexity index is 276. The molecule has 3 heteroatoms. The molecule has 0 unspecified atom stereocenters. The number of hydrogen-bond acceptors (Lipinski definition) is 2. The number of rotatable bonds is 1. The number of thiophene rings is 1. The molecule has 0 amide bonds. The van der Waals surface area contributed by atoms with Gasteiger partial charge in [0.2, 0.25) is 0 Å². The number of nitrogens with two attached hydrogens (primary N) is 1. The quantitative estimate of drug-likeness (QED) is 0.808. The Morgan fingerprint density at radius 2 is 2.08 bits per heavy atom. The predicted molar refractivity (Wildman–Crippen MR) is 56.4 cm³/mol. The van der Waals surface area contributed by atoms with Gasteiger partial charge in [-0.2, -0.15) is 0 Å². The fourth-order valence-electron chi connectivity index (χ4n) is 1.87. The third-order valence-electron chi connectivity index (χ3n) is 2.64. The average Bonchev–Trinajstić information content (AvgIpc) is 2.59. The Morgan fingerprint density at radius 1 is 1.42 bits per heavy atom. The largest absolute Gasteiger partial charge is 0.321 e. The Balaban J connectivity index is 2.28. The minimum atomic E-state index is -0.0114. The van der Waals surface area contributed by atoms with E-state index in [4.69, 9.17) is 5.73 Å². The minimum Gasteiger partial charge on any atom is -0.321 e. The predicted octanol–water partition coefficient (Wildman–Crippen LogP) is 3.24. The SMILES string of the molecule is NC1(c2csc(Br)c2)CCCC1. The highest BCUT2D eigenvalue weighted by atomic mass is 79.9. The van der Waals surface area contributed by atoms with E-state index < -0.39 is 0 Å². The lowest BCUT2D eigenvalue weighted by Gasteiger charge is -2.21. The van der Waals surface area contributed by atoms with Crippen LogP contribution in [0, 0.1) is 0 Å². The van der Waals surface area contributed by atoms with Crippen molar-refractivity contribution in [3.63, 3.8) is 0 Å². The molecular formula is C9H12BrNS. The zero-order chi connectivity index (χ0) is 8.60. The lowest BCUT2D eigenvalue weighted by molar-refractivity contribution is 0.463. The molecule has 1 aliphatic carbocycles. The Kier molecular flexibility index (Phi) is 2.27. The van der Waals surface area contributed by atoms with E-state index in [2.05, 4.69) is 27.4 Å². The fraction of sp³-hybridized carbons (Fsp3) is 0.556. The van der Waals surface area contributed by atoms with Crippen LogP contribution in [0.25, 0.3) is 0 Å². The molecule has 0 atom stereocenters. The van der Waals surface area contributed by atoms with Gasteiger partial charge in [-0.1, -0.05) is 12.8 Å². The average molecular weight is 246 g/mol. The molecule has 1 heterocycles. The smallest absolute Gasteiger partial charge is 0.0701 e. The molecule has 0 saturated heterocycles. The molecule has 1 aromatic rings. The minimum absolute atomic E-state index is 0.0114. The van der Waals surface area contributed by atoms with Crippen LogP contribution in [-0.2, 0) is 5.54 Å². The highest BCUT2D eigenvalue weighted by Gasteiger charge is 2.31. The zero-order valence-electron chi connectivity index (χ0n) is 6.85. The third kappa shape index (κ3) is 1.45. The van der Waals surface area contributed by atoms with E-state index in [9.17, 15) is 0 Å². The maximum Gasteiger partial charge on any atom is 0.0701 e. The lowest BCUT2D eigenvalue weighted by atomic mass is 9.92. The molecule has 12 heavy (non-hydrogen) atoms. The van der Waals surface area contributed by atoms with Crippen LogP contribution in [0.2, 0.25) is 0 Å². The fourth-order valence-corrected chi connectivity index (χ4v) is 3.13. The molecule has 0 spiro atoms. The van der Waals surface area contributed by atoms with Gasteiger partial charge in [0.05, 0.1) is 3.79 Å². The lowest BCUT2D eigenvalue weighted by Crippen LogP contribution is -2.32. The van der Waals surface area contributed by atoms with Crippen LogP contribution in [0.5, 0.6) is 0 Å². The van der Waals surface area contributed by atoms with Gasteiger partial charge in [0.1, 0.15) is 0 Å². The van der Waals surface area contributed by atoms with Crippen molar-refractivity contribution in [2.24, 2.45) is 5.73 Å². The molecule has 0 aliphatic heterocycles. The van der Waals surface area contributed by atoms with E-state index in [-0.39, 0.29) is 5.54 Å². The maximum absolute atomic E-state index is 6.28. The highest BCUT2D eigenvalue weighted by Crippen LogP contribution is 2.38. The first kappa shape index (κ1) is 8.73. The van der Waals surface area contributed by atoms with Crippen LogP contribution < -0.4 is 5.73 Å². The van der Waals surface area contributed by atoms with E-state index in [1.807, 2.05) is 0 Å². The first-order valence-electron chi connectivity index (χ1n) is 4.24. The highest BCUT2D eigenvalue weighted by molar-refractivity contribution is 9.11. The second-order valence-corrected chi connectivity index (χ2v) is 5.79. The van der Waals surface area contributed by atoms with Gasteiger partial charge in [-0.3, -0.25) is 0 Å². The van der Waals surface area contributed by atoms with Crippen LogP contribution in [0.3, 0.4) is 0 Å². The molecule has 2 rings (SSSR count). The first-order chi connectivity index (χ1) is 5.71. The second-order valence-electron chi connectivity index (χ2n) is 3.50.